The average molecular weight is 332 g/mol. The summed E-state index contributed by atoms with van der Waals surface area (Å²) in [6.45, 7) is 18.2. The smallest absolute Gasteiger partial charge is 0.379 e. The molecule has 0 aromatic heterocycles. The molecular weight excluding hydrogens is 300 g/mol. The number of aromatic hydroxyl groups is 1. The number of benzene rings is 1. The molecular formula is C20H32N2O2+. The van der Waals surface area contributed by atoms with Crippen molar-refractivity contribution in [2.24, 2.45) is 5.10 Å². The molecule has 0 saturated heterocycles. The fourth-order valence-corrected chi connectivity index (χ4v) is 2.36. The number of amides is 1. The number of carbonyl (C=O) groups is 1. The molecule has 1 N–H and O–H groups in total. The van der Waals surface area contributed by atoms with E-state index in [4.69, 9.17) is 0 Å². The van der Waals surface area contributed by atoms with Gasteiger partial charge in [0.15, 0.2) is 5.54 Å². The summed E-state index contributed by atoms with van der Waals surface area (Å²) >= 11 is 0. The second-order valence-electron chi connectivity index (χ2n) is 9.33. The summed E-state index contributed by atoms with van der Waals surface area (Å²) in [4.78, 5) is 11.3. The summed E-state index contributed by atoms with van der Waals surface area (Å²) < 4.78 is 0. The lowest BCUT2D eigenvalue weighted by atomic mass is 9.78. The molecule has 133 valence electrons. The fraction of sp³-hybridized carbons (Fsp3) is 0.600. The first-order valence-electron chi connectivity index (χ1n) is 8.34. The highest BCUT2D eigenvalue weighted by Gasteiger charge is 2.32. The van der Waals surface area contributed by atoms with Crippen LogP contribution in [-0.2, 0) is 15.6 Å². The molecule has 0 atom stereocenters. The molecule has 1 amide bonds. The van der Waals surface area contributed by atoms with E-state index in [2.05, 4.69) is 46.6 Å². The first kappa shape index (κ1) is 20.4. The van der Waals surface area contributed by atoms with Crippen molar-refractivity contribution in [1.29, 1.82) is 0 Å². The lowest BCUT2D eigenvalue weighted by molar-refractivity contribution is -0.115. The minimum atomic E-state index is -0.380. The third kappa shape index (κ3) is 4.91. The number of phenolic OH excluding ortho intramolecular Hbond substituents is 1. The second kappa shape index (κ2) is 6.67. The molecule has 0 aliphatic rings. The van der Waals surface area contributed by atoms with Crippen LogP contribution in [0.15, 0.2) is 17.2 Å². The van der Waals surface area contributed by atoms with Gasteiger partial charge in [0.05, 0.1) is 6.21 Å². The van der Waals surface area contributed by atoms with Crippen LogP contribution in [0.25, 0.3) is 0 Å². The normalized spacial score (nSPS) is 13.8. The maximum Gasteiger partial charge on any atom is 0.379 e. The lowest BCUT2D eigenvalue weighted by Crippen LogP contribution is -2.41. The van der Waals surface area contributed by atoms with Crippen LogP contribution in [0.1, 0.15) is 79.0 Å². The molecule has 1 rings (SSSR count). The van der Waals surface area contributed by atoms with E-state index in [0.717, 1.165) is 23.1 Å². The van der Waals surface area contributed by atoms with Crippen LogP contribution in [0.5, 0.6) is 5.75 Å². The standard InChI is InChI=1S/C20H32N2O2/c1-18(2,3)15-10-14(11-16(17(15)24)19(4,5)6)12-21-22(13-23)20(7,8)9/h10-13,24H,1-9H3/q+1. The monoisotopic (exact) mass is 332 g/mol. The van der Waals surface area contributed by atoms with Crippen LogP contribution in [0, 0.1) is 0 Å². The van der Waals surface area contributed by atoms with Gasteiger partial charge in [-0.15, -0.1) is 0 Å². The molecule has 0 fully saturated rings. The Morgan fingerprint density at radius 2 is 1.33 bits per heavy atom. The molecule has 4 heteroatoms. The van der Waals surface area contributed by atoms with Gasteiger partial charge in [-0.2, -0.15) is 0 Å². The molecule has 1 aromatic carbocycles. The molecule has 4 nitrogen and oxygen atoms in total. The average Bonchev–Trinajstić information content (AvgIpc) is 2.36. The van der Waals surface area contributed by atoms with Crippen LogP contribution in [0.2, 0.25) is 0 Å². The Hall–Kier alpha value is -1.68. The van der Waals surface area contributed by atoms with E-state index in [1.807, 2.05) is 32.9 Å². The van der Waals surface area contributed by atoms with Crippen molar-refractivity contribution in [1.82, 2.24) is 5.01 Å². The van der Waals surface area contributed by atoms with E-state index < -0.39 is 0 Å². The van der Waals surface area contributed by atoms with Gasteiger partial charge in [-0.3, -0.25) is 0 Å². The van der Waals surface area contributed by atoms with Crippen molar-refractivity contribution >= 4 is 12.6 Å². The number of nitrogens with zero attached hydrogens (tertiary/aromatic N) is 2. The van der Waals surface area contributed by atoms with Gasteiger partial charge in [-0.25, -0.2) is 4.79 Å². The summed E-state index contributed by atoms with van der Waals surface area (Å²) in [6, 6.07) is 3.89. The van der Waals surface area contributed by atoms with Crippen LogP contribution in [0.3, 0.4) is 0 Å². The van der Waals surface area contributed by atoms with Crippen molar-refractivity contribution in [2.45, 2.75) is 78.7 Å². The molecule has 0 aliphatic carbocycles. The highest BCUT2D eigenvalue weighted by molar-refractivity contribution is 5.82. The van der Waals surface area contributed by atoms with Gasteiger partial charge in [0.2, 0.25) is 0 Å². The zero-order valence-electron chi connectivity index (χ0n) is 16.6. The zero-order valence-corrected chi connectivity index (χ0v) is 16.6. The number of rotatable bonds is 3. The summed E-state index contributed by atoms with van der Waals surface area (Å²) in [5, 5.41) is 16.4. The van der Waals surface area contributed by atoms with Gasteiger partial charge in [-0.05, 0) is 54.4 Å². The molecule has 1 aromatic rings. The number of phenols is 1. The Kier molecular flexibility index (Phi) is 5.66. The van der Waals surface area contributed by atoms with Gasteiger partial charge in [-0.1, -0.05) is 41.5 Å². The van der Waals surface area contributed by atoms with Gasteiger partial charge < -0.3 is 5.11 Å². The SMILES string of the molecule is CC(C)(C)c1cc(C=N[N+](C=O)C(C)(C)C)cc(C(C)(C)C)c1O. The van der Waals surface area contributed by atoms with Crippen molar-refractivity contribution in [3.63, 3.8) is 0 Å². The Morgan fingerprint density at radius 1 is 0.917 bits per heavy atom. The van der Waals surface area contributed by atoms with Gasteiger partial charge in [0, 0.05) is 16.1 Å². The molecule has 0 bridgehead atoms. The van der Waals surface area contributed by atoms with E-state index in [0.29, 0.717) is 5.75 Å². The van der Waals surface area contributed by atoms with Crippen molar-refractivity contribution in [2.75, 3.05) is 0 Å². The molecule has 1 radical (unpaired) electrons. The summed E-state index contributed by atoms with van der Waals surface area (Å²) in [5.41, 5.74) is 1.87. The fourth-order valence-electron chi connectivity index (χ4n) is 2.36. The zero-order chi connectivity index (χ0) is 18.9. The van der Waals surface area contributed by atoms with E-state index in [1.165, 1.54) is 5.01 Å². The third-order valence-corrected chi connectivity index (χ3v) is 3.87. The molecule has 0 unspecified atom stereocenters. The summed E-state index contributed by atoms with van der Waals surface area (Å²) in [5.74, 6) is 0.343. The minimum absolute atomic E-state index is 0.192. The molecule has 0 heterocycles. The van der Waals surface area contributed by atoms with Gasteiger partial charge in [0.1, 0.15) is 5.75 Å². The maximum atomic E-state index is 11.3. The van der Waals surface area contributed by atoms with Crippen molar-refractivity contribution < 1.29 is 9.90 Å². The minimum Gasteiger partial charge on any atom is -0.507 e. The molecule has 24 heavy (non-hydrogen) atoms. The van der Waals surface area contributed by atoms with Gasteiger partial charge >= 0.3 is 6.41 Å². The molecule has 0 aliphatic heterocycles. The van der Waals surface area contributed by atoms with E-state index in [1.54, 1.807) is 6.21 Å². The third-order valence-electron chi connectivity index (χ3n) is 3.87. The van der Waals surface area contributed by atoms with Gasteiger partial charge in [0.25, 0.3) is 0 Å². The van der Waals surface area contributed by atoms with Crippen molar-refractivity contribution in [3.05, 3.63) is 28.8 Å². The Bertz CT molecular complexity index is 592. The number of hydrazone groups is 1. The van der Waals surface area contributed by atoms with E-state index >= 15 is 0 Å². The van der Waals surface area contributed by atoms with E-state index in [9.17, 15) is 9.90 Å². The van der Waals surface area contributed by atoms with Crippen molar-refractivity contribution in [3.8, 4) is 5.75 Å². The van der Waals surface area contributed by atoms with E-state index in [-0.39, 0.29) is 16.4 Å². The second-order valence-corrected chi connectivity index (χ2v) is 9.33. The number of hydrogen-bond acceptors (Lipinski definition) is 3. The van der Waals surface area contributed by atoms with Crippen LogP contribution < -0.4 is 5.01 Å². The Morgan fingerprint density at radius 3 is 1.62 bits per heavy atom. The predicted octanol–water partition coefficient (Wildman–Crippen LogP) is 4.42. The van der Waals surface area contributed by atoms with Crippen LogP contribution in [-0.4, -0.2) is 23.3 Å². The first-order chi connectivity index (χ1) is 10.7. The predicted molar refractivity (Wildman–Crippen MR) is 101 cm³/mol. The topological polar surface area (TPSA) is 55.6 Å². The summed E-state index contributed by atoms with van der Waals surface area (Å²) in [6.07, 6.45) is 2.41. The largest absolute Gasteiger partial charge is 0.507 e. The van der Waals surface area contributed by atoms with Crippen LogP contribution in [0.4, 0.5) is 0 Å². The molecule has 0 saturated carbocycles. The maximum absolute atomic E-state index is 11.3. The Labute approximate surface area is 146 Å². The van der Waals surface area contributed by atoms with Crippen LogP contribution >= 0.6 is 0 Å². The number of hydrogen-bond donors (Lipinski definition) is 1. The highest BCUT2D eigenvalue weighted by Crippen LogP contribution is 2.39. The lowest BCUT2D eigenvalue weighted by Gasteiger charge is -2.27. The highest BCUT2D eigenvalue weighted by atomic mass is 16.3. The molecule has 0 spiro atoms. The first-order valence-corrected chi connectivity index (χ1v) is 8.34. The number of carbonyl (C=O) groups excluding carboxylic acids is 1. The Balaban J connectivity index is 3.47. The quantitative estimate of drug-likeness (QED) is 0.386. The summed E-state index contributed by atoms with van der Waals surface area (Å²) in [7, 11) is 0.